The summed E-state index contributed by atoms with van der Waals surface area (Å²) in [4.78, 5) is 24.4. The van der Waals surface area contributed by atoms with E-state index in [1.807, 2.05) is 43.3 Å². The molecule has 1 saturated carbocycles. The third kappa shape index (κ3) is 4.49. The van der Waals surface area contributed by atoms with Crippen LogP contribution in [0.25, 0.3) is 0 Å². The number of rotatable bonds is 7. The molecule has 2 aromatic heterocycles. The van der Waals surface area contributed by atoms with Crippen molar-refractivity contribution in [2.45, 2.75) is 50.6 Å². The van der Waals surface area contributed by atoms with Gasteiger partial charge in [-0.25, -0.2) is 9.97 Å². The van der Waals surface area contributed by atoms with E-state index in [0.29, 0.717) is 31.5 Å². The van der Waals surface area contributed by atoms with Crippen molar-refractivity contribution in [3.8, 4) is 0 Å². The number of aromatic nitrogens is 3. The van der Waals surface area contributed by atoms with E-state index in [0.717, 1.165) is 28.6 Å². The molecule has 1 aliphatic carbocycles. The number of hydrogen-bond donors (Lipinski definition) is 1. The first-order valence-electron chi connectivity index (χ1n) is 10.4. The van der Waals surface area contributed by atoms with Crippen LogP contribution in [0.5, 0.6) is 0 Å². The Morgan fingerprint density at radius 2 is 1.81 bits per heavy atom. The first-order chi connectivity index (χ1) is 15.2. The lowest BCUT2D eigenvalue weighted by molar-refractivity contribution is -0.138. The van der Waals surface area contributed by atoms with Gasteiger partial charge in [0.15, 0.2) is 0 Å². The maximum atomic E-state index is 13.6. The summed E-state index contributed by atoms with van der Waals surface area (Å²) in [6.07, 6.45) is -0.0182. The minimum absolute atomic E-state index is 0.0544. The quantitative estimate of drug-likeness (QED) is 0.600. The summed E-state index contributed by atoms with van der Waals surface area (Å²) in [5.74, 6) is -0.0836. The number of carbonyl (C=O) groups excluding carboxylic acids is 1. The van der Waals surface area contributed by atoms with Crippen LogP contribution in [-0.2, 0) is 35.6 Å². The molecular weight excluding hydrogens is 417 g/mol. The average molecular weight is 440 g/mol. The van der Waals surface area contributed by atoms with E-state index in [1.165, 1.54) is 0 Å². The number of nitrogens with two attached hydrogens (primary N) is 1. The highest BCUT2D eigenvalue weighted by Crippen LogP contribution is 2.49. The number of carbonyl (C=O) groups is 1. The summed E-state index contributed by atoms with van der Waals surface area (Å²) in [7, 11) is 0. The van der Waals surface area contributed by atoms with Gasteiger partial charge < -0.3 is 5.73 Å². The molecule has 0 atom stereocenters. The van der Waals surface area contributed by atoms with E-state index in [4.69, 9.17) is 5.73 Å². The highest BCUT2D eigenvalue weighted by atomic mass is 19.4. The maximum Gasteiger partial charge on any atom is 0.419 e. The predicted molar refractivity (Wildman–Crippen MR) is 113 cm³/mol. The van der Waals surface area contributed by atoms with Crippen LogP contribution in [0.2, 0.25) is 0 Å². The zero-order valence-corrected chi connectivity index (χ0v) is 17.6. The number of primary amides is 1. The lowest BCUT2D eigenvalue weighted by Gasteiger charge is -2.17. The summed E-state index contributed by atoms with van der Waals surface area (Å²) in [6, 6.07) is 11.0. The summed E-state index contributed by atoms with van der Waals surface area (Å²) >= 11 is 0. The minimum Gasteiger partial charge on any atom is -0.369 e. The molecule has 166 valence electrons. The Morgan fingerprint density at radius 3 is 2.44 bits per heavy atom. The molecule has 0 spiro atoms. The van der Waals surface area contributed by atoms with Gasteiger partial charge in [-0.3, -0.25) is 9.78 Å². The summed E-state index contributed by atoms with van der Waals surface area (Å²) < 4.78 is 40.8. The van der Waals surface area contributed by atoms with Crippen molar-refractivity contribution in [1.82, 2.24) is 15.0 Å². The van der Waals surface area contributed by atoms with Crippen LogP contribution in [0.1, 0.15) is 52.3 Å². The van der Waals surface area contributed by atoms with Gasteiger partial charge in [-0.1, -0.05) is 30.3 Å². The fraction of sp³-hybridized carbons (Fsp3) is 0.333. The molecule has 4 rings (SSSR count). The Bertz CT molecular complexity index is 1140. The molecule has 0 saturated heterocycles. The molecule has 8 heteroatoms. The summed E-state index contributed by atoms with van der Waals surface area (Å²) in [6.45, 7) is 1.86. The molecular formula is C24H23F3N4O. The van der Waals surface area contributed by atoms with E-state index in [1.54, 1.807) is 6.20 Å². The summed E-state index contributed by atoms with van der Waals surface area (Å²) in [5, 5.41) is 0. The van der Waals surface area contributed by atoms with Crippen molar-refractivity contribution in [2.75, 3.05) is 0 Å². The van der Waals surface area contributed by atoms with E-state index in [-0.39, 0.29) is 12.1 Å². The van der Waals surface area contributed by atoms with E-state index in [9.17, 15) is 18.0 Å². The first-order valence-corrected chi connectivity index (χ1v) is 10.4. The van der Waals surface area contributed by atoms with Crippen LogP contribution in [0.15, 0.2) is 48.8 Å². The monoisotopic (exact) mass is 440 g/mol. The SMILES string of the molecule is Cc1ccc(Cc2ncc(C(F)(F)F)c(CCc3ccccc3C3(C(N)=O)CC3)n2)cn1. The molecule has 1 fully saturated rings. The van der Waals surface area contributed by atoms with Crippen molar-refractivity contribution >= 4 is 5.91 Å². The van der Waals surface area contributed by atoms with Crippen LogP contribution in [0, 0.1) is 6.92 Å². The Labute approximate surface area is 183 Å². The number of halogens is 3. The molecule has 0 bridgehead atoms. The van der Waals surface area contributed by atoms with Crippen molar-refractivity contribution < 1.29 is 18.0 Å². The lowest BCUT2D eigenvalue weighted by atomic mass is 9.88. The number of pyridine rings is 1. The van der Waals surface area contributed by atoms with Crippen LogP contribution >= 0.6 is 0 Å². The largest absolute Gasteiger partial charge is 0.419 e. The van der Waals surface area contributed by atoms with Crippen LogP contribution in [0.3, 0.4) is 0 Å². The number of alkyl halides is 3. The molecule has 1 amide bonds. The number of benzene rings is 1. The Hall–Kier alpha value is -3.29. The lowest BCUT2D eigenvalue weighted by Crippen LogP contribution is -2.29. The second-order valence-electron chi connectivity index (χ2n) is 8.23. The number of hydrogen-bond acceptors (Lipinski definition) is 4. The number of nitrogens with zero attached hydrogens (tertiary/aromatic N) is 3. The minimum atomic E-state index is -4.55. The third-order valence-electron chi connectivity index (χ3n) is 5.94. The number of amides is 1. The van der Waals surface area contributed by atoms with Gasteiger partial charge in [0.05, 0.1) is 16.7 Å². The van der Waals surface area contributed by atoms with Gasteiger partial charge in [-0.15, -0.1) is 0 Å². The van der Waals surface area contributed by atoms with Gasteiger partial charge in [0.2, 0.25) is 5.91 Å². The van der Waals surface area contributed by atoms with Gasteiger partial charge in [-0.2, -0.15) is 13.2 Å². The predicted octanol–water partition coefficient (Wildman–Crippen LogP) is 4.09. The standard InChI is InChI=1S/C24H23F3N4O/c1-15-6-7-16(13-29-15)12-21-30-14-19(24(25,26)27)20(31-21)9-8-17-4-2-3-5-18(17)23(10-11-23)22(28)32/h2-7,13-14H,8-12H2,1H3,(H2,28,32). The van der Waals surface area contributed by atoms with Gasteiger partial charge in [-0.05, 0) is 55.4 Å². The normalized spacial score (nSPS) is 14.9. The first kappa shape index (κ1) is 21.9. The average Bonchev–Trinajstić information content (AvgIpc) is 3.56. The zero-order valence-electron chi connectivity index (χ0n) is 17.6. The smallest absolute Gasteiger partial charge is 0.369 e. The van der Waals surface area contributed by atoms with Gasteiger partial charge in [0.1, 0.15) is 5.82 Å². The Morgan fingerprint density at radius 1 is 1.06 bits per heavy atom. The van der Waals surface area contributed by atoms with E-state index >= 15 is 0 Å². The molecule has 2 N–H and O–H groups in total. The van der Waals surface area contributed by atoms with Crippen molar-refractivity contribution in [1.29, 1.82) is 0 Å². The van der Waals surface area contributed by atoms with E-state index in [2.05, 4.69) is 15.0 Å². The molecule has 32 heavy (non-hydrogen) atoms. The maximum absolute atomic E-state index is 13.6. The van der Waals surface area contributed by atoms with Crippen molar-refractivity contribution in [2.24, 2.45) is 5.73 Å². The molecule has 0 unspecified atom stereocenters. The second-order valence-corrected chi connectivity index (χ2v) is 8.23. The molecule has 0 radical (unpaired) electrons. The van der Waals surface area contributed by atoms with Crippen LogP contribution < -0.4 is 5.73 Å². The molecule has 1 aliphatic rings. The van der Waals surface area contributed by atoms with E-state index < -0.39 is 23.1 Å². The van der Waals surface area contributed by atoms with Gasteiger partial charge in [0, 0.05) is 24.5 Å². The van der Waals surface area contributed by atoms with Crippen molar-refractivity contribution in [3.63, 3.8) is 0 Å². The summed E-state index contributed by atoms with van der Waals surface area (Å²) in [5.41, 5.74) is 7.33. The molecule has 1 aromatic carbocycles. The Balaban J connectivity index is 1.61. The second kappa shape index (κ2) is 8.33. The van der Waals surface area contributed by atoms with Gasteiger partial charge >= 0.3 is 6.18 Å². The van der Waals surface area contributed by atoms with Gasteiger partial charge in [0.25, 0.3) is 0 Å². The molecule has 3 aromatic rings. The number of aryl methyl sites for hydroxylation is 3. The fourth-order valence-corrected chi connectivity index (χ4v) is 3.99. The van der Waals surface area contributed by atoms with Crippen LogP contribution in [-0.4, -0.2) is 20.9 Å². The topological polar surface area (TPSA) is 81.8 Å². The third-order valence-corrected chi connectivity index (χ3v) is 5.94. The van der Waals surface area contributed by atoms with Crippen molar-refractivity contribution in [3.05, 3.63) is 88.3 Å². The molecule has 0 aliphatic heterocycles. The van der Waals surface area contributed by atoms with Crippen LogP contribution in [0.4, 0.5) is 13.2 Å². The molecule has 5 nitrogen and oxygen atoms in total. The highest BCUT2D eigenvalue weighted by Gasteiger charge is 2.50. The highest BCUT2D eigenvalue weighted by molar-refractivity contribution is 5.90. The fourth-order valence-electron chi connectivity index (χ4n) is 3.99. The zero-order chi connectivity index (χ0) is 22.9. The Kier molecular flexibility index (Phi) is 5.71. The molecule has 2 heterocycles.